The summed E-state index contributed by atoms with van der Waals surface area (Å²) in [6.45, 7) is 25.8. The van der Waals surface area contributed by atoms with Crippen LogP contribution in [0.4, 0.5) is 0 Å². The molecule has 0 bridgehead atoms. The van der Waals surface area contributed by atoms with E-state index >= 15 is 0 Å². The second kappa shape index (κ2) is 30.4. The van der Waals surface area contributed by atoms with E-state index in [1.54, 1.807) is 0 Å². The summed E-state index contributed by atoms with van der Waals surface area (Å²) in [4.78, 5) is 0. The van der Waals surface area contributed by atoms with Crippen molar-refractivity contribution in [3.8, 4) is 0 Å². The molecule has 320 valence electrons. The summed E-state index contributed by atoms with van der Waals surface area (Å²) in [5.74, 6) is 0. The van der Waals surface area contributed by atoms with Crippen molar-refractivity contribution in [1.82, 2.24) is 0 Å². The zero-order valence-electron chi connectivity index (χ0n) is 39.1. The van der Waals surface area contributed by atoms with E-state index in [0.717, 1.165) is 25.7 Å². The molecule has 6 heteroatoms. The normalized spacial score (nSPS) is 14.6. The molecule has 0 nitrogen and oxygen atoms in total. The van der Waals surface area contributed by atoms with E-state index < -0.39 is 12.4 Å². The Kier molecular flexibility index (Phi) is 28.1. The Morgan fingerprint density at radius 3 is 0.565 bits per heavy atom. The predicted octanol–water partition coefficient (Wildman–Crippen LogP) is 6.59. The van der Waals surface area contributed by atoms with Crippen LogP contribution < -0.4 is 45.6 Å². The fraction of sp³-hybridized carbons (Fsp3) is 0.286. The van der Waals surface area contributed by atoms with E-state index in [9.17, 15) is 0 Å². The van der Waals surface area contributed by atoms with Gasteiger partial charge in [-0.3, -0.25) is 24.3 Å². The van der Waals surface area contributed by atoms with Gasteiger partial charge in [0.15, 0.2) is 0 Å². The maximum atomic E-state index is 3.26. The summed E-state index contributed by atoms with van der Waals surface area (Å²) in [6.07, 6.45) is 16.2. The van der Waals surface area contributed by atoms with Crippen molar-refractivity contribution in [3.63, 3.8) is 0 Å². The molecule has 0 aliphatic heterocycles. The Labute approximate surface area is 413 Å². The number of halogens is 2. The van der Waals surface area contributed by atoms with Crippen LogP contribution >= 0.6 is 0 Å². The summed E-state index contributed by atoms with van der Waals surface area (Å²) in [5.41, 5.74) is 17.0. The monoisotopic (exact) mass is 958 g/mol. The van der Waals surface area contributed by atoms with E-state index in [2.05, 4.69) is 267 Å². The van der Waals surface area contributed by atoms with Crippen molar-refractivity contribution in [1.29, 1.82) is 0 Å². The molecule has 0 fully saturated rings. The van der Waals surface area contributed by atoms with E-state index in [1.807, 2.05) is 0 Å². The summed E-state index contributed by atoms with van der Waals surface area (Å²) >= 11 is 4.69. The van der Waals surface area contributed by atoms with Crippen LogP contribution in [0.5, 0.6) is 0 Å². The van der Waals surface area contributed by atoms with Gasteiger partial charge in [-0.2, -0.15) is 44.6 Å². The van der Waals surface area contributed by atoms with Crippen molar-refractivity contribution in [2.24, 2.45) is 0 Å². The van der Waals surface area contributed by atoms with Crippen LogP contribution in [0.1, 0.15) is 109 Å². The molecule has 0 unspecified atom stereocenters. The Morgan fingerprint density at radius 2 is 0.468 bits per heavy atom. The molecule has 0 saturated heterocycles. The topological polar surface area (TPSA) is 0 Å². The zero-order valence-corrected chi connectivity index (χ0v) is 45.8. The zero-order chi connectivity index (χ0) is 44.2. The summed E-state index contributed by atoms with van der Waals surface area (Å²) in [7, 11) is 0. The fourth-order valence-electron chi connectivity index (χ4n) is 6.15. The first-order chi connectivity index (χ1) is 28.6. The molecule has 4 aromatic carbocycles. The molecular formula is C56H64Cl2Si2Ti2-2. The van der Waals surface area contributed by atoms with Gasteiger partial charge in [-0.05, 0) is 0 Å². The molecule has 0 heterocycles. The standard InChI is InChI=1S/2C12H10Si.4C8H11.2ClH.2Ti/c2*1-3-7-11(8-4-1)13-12-9-5-2-6-10-12;4*1-6-4-5-7(2)8(6)3;;;;/h2*1-10H;4*4H2,1-3H3;2*1H;;/q;;4*-1;;;2*+2/p-2. The van der Waals surface area contributed by atoms with Gasteiger partial charge in [0.25, 0.3) is 0 Å². The molecule has 62 heavy (non-hydrogen) atoms. The van der Waals surface area contributed by atoms with Crippen molar-refractivity contribution in [3.05, 3.63) is 213 Å². The maximum absolute atomic E-state index is 3.26. The second-order valence-electron chi connectivity index (χ2n) is 15.7. The van der Waals surface area contributed by atoms with Crippen LogP contribution in [0.3, 0.4) is 0 Å². The molecular weight excluding hydrogens is 895 g/mol. The Balaban J connectivity index is 0.000000377. The number of hydrogen-bond acceptors (Lipinski definition) is 0. The van der Waals surface area contributed by atoms with E-state index in [4.69, 9.17) is 0 Å². The van der Waals surface area contributed by atoms with Crippen LogP contribution in [-0.4, -0.2) is 12.4 Å². The number of rotatable bonds is 4. The van der Waals surface area contributed by atoms with Crippen molar-refractivity contribution >= 4 is 33.1 Å². The Hall–Kier alpha value is -2.76. The minimum atomic E-state index is -0.545. The third-order valence-corrected chi connectivity index (χ3v) is 20.6. The van der Waals surface area contributed by atoms with Crippen LogP contribution in [0.25, 0.3) is 0 Å². The molecule has 4 aliphatic carbocycles. The molecule has 0 spiro atoms. The first-order valence-electron chi connectivity index (χ1n) is 21.0. The third-order valence-electron chi connectivity index (χ3n) is 11.5. The molecule has 0 N–H and O–H groups in total. The second-order valence-corrected chi connectivity index (χ2v) is 24.2. The molecule has 0 atom stereocenters. The van der Waals surface area contributed by atoms with Gasteiger partial charge in [-0.1, -0.05) is 55.4 Å². The summed E-state index contributed by atoms with van der Waals surface area (Å²) < 4.78 is 0. The first-order valence-corrected chi connectivity index (χ1v) is 28.7. The third kappa shape index (κ3) is 19.1. The van der Waals surface area contributed by atoms with Gasteiger partial charge in [0.05, 0.1) is 0 Å². The van der Waals surface area contributed by atoms with Crippen molar-refractivity contribution in [2.75, 3.05) is 0 Å². The van der Waals surface area contributed by atoms with Crippen molar-refractivity contribution in [2.45, 2.75) is 109 Å². The summed E-state index contributed by atoms with van der Waals surface area (Å²) in [5, 5.41) is 5.90. The number of allylic oxidation sites excluding steroid dienone is 16. The number of benzene rings is 4. The van der Waals surface area contributed by atoms with Crippen LogP contribution in [0.15, 0.2) is 188 Å². The Bertz CT molecular complexity index is 1970. The van der Waals surface area contributed by atoms with Gasteiger partial charge in [0.1, 0.15) is 0 Å². The Morgan fingerprint density at radius 1 is 0.306 bits per heavy atom. The van der Waals surface area contributed by atoms with Gasteiger partial charge < -0.3 is 24.8 Å². The van der Waals surface area contributed by atoms with Gasteiger partial charge in [0, 0.05) is 0 Å². The van der Waals surface area contributed by atoms with E-state index in [-0.39, 0.29) is 24.8 Å². The van der Waals surface area contributed by atoms with Gasteiger partial charge in [0.2, 0.25) is 0 Å². The molecule has 4 aromatic rings. The molecule has 8 rings (SSSR count). The van der Waals surface area contributed by atoms with Gasteiger partial charge in [-0.15, -0.1) is 53.4 Å². The molecule has 0 radical (unpaired) electrons. The van der Waals surface area contributed by atoms with Crippen LogP contribution in [0.2, 0.25) is 0 Å². The first kappa shape index (κ1) is 57.3. The van der Waals surface area contributed by atoms with Crippen molar-refractivity contribution < 1.29 is 63.2 Å². The average Bonchev–Trinajstić information content (AvgIpc) is 3.97. The van der Waals surface area contributed by atoms with E-state index in [0.29, 0.717) is 0 Å². The van der Waals surface area contributed by atoms with E-state index in [1.165, 1.54) is 87.6 Å². The average molecular weight is 960 g/mol. The summed E-state index contributed by atoms with van der Waals surface area (Å²) in [6, 6.07) is 43.0. The van der Waals surface area contributed by atoms with Gasteiger partial charge in [-0.25, -0.2) is 22.3 Å². The quantitative estimate of drug-likeness (QED) is 0.160. The molecule has 4 aliphatic rings. The molecule has 0 saturated carbocycles. The molecule has 0 aromatic heterocycles. The minimum absolute atomic E-state index is 0. The SMILES string of the molecule is CC1=[C-]CC(C)=C1C.CC1=[C-]CC(C)=C1C.CC1=[C-]CC(C)=C1C.CC1=[C-]CC(C)=C1C.[Cl-].[Cl-].[Ti+2]=[Si](c1ccccc1)c1ccccc1.[Ti+2]=[Si](c1ccccc1)c1ccccc1. The number of hydrogen-bond donors (Lipinski definition) is 0. The predicted molar refractivity (Wildman–Crippen MR) is 257 cm³/mol. The van der Waals surface area contributed by atoms with Crippen LogP contribution in [-0.2, 0) is 38.3 Å². The molecule has 0 amide bonds. The van der Waals surface area contributed by atoms with Crippen LogP contribution in [0, 0.1) is 24.3 Å². The fourth-order valence-corrected chi connectivity index (χ4v) is 12.0. The van der Waals surface area contributed by atoms with Gasteiger partial charge >= 0.3 is 193 Å².